The van der Waals surface area contributed by atoms with Gasteiger partial charge in [0, 0.05) is 31.2 Å². The fourth-order valence-electron chi connectivity index (χ4n) is 3.36. The van der Waals surface area contributed by atoms with Gasteiger partial charge in [0.05, 0.1) is 11.0 Å². The van der Waals surface area contributed by atoms with Gasteiger partial charge >= 0.3 is 0 Å². The van der Waals surface area contributed by atoms with Crippen LogP contribution in [0.15, 0.2) is 0 Å². The van der Waals surface area contributed by atoms with Crippen LogP contribution in [-0.2, 0) is 4.74 Å². The molecule has 1 N–H and O–H groups in total. The lowest BCUT2D eigenvalue weighted by atomic mass is 9.50. The maximum Gasteiger partial charge on any atom is 0.0752 e. The molecule has 2 nitrogen and oxygen atoms in total. The summed E-state index contributed by atoms with van der Waals surface area (Å²) in [7, 11) is 1.87. The predicted molar refractivity (Wildman–Crippen MR) is 54.9 cm³/mol. The molecule has 0 amide bonds. The molecule has 2 spiro atoms. The number of hydrogen-bond donors (Lipinski definition) is 1. The first-order chi connectivity index (χ1) is 6.33. The highest BCUT2D eigenvalue weighted by atomic mass is 32.2. The minimum atomic E-state index is 0.423. The van der Waals surface area contributed by atoms with Crippen LogP contribution in [0.25, 0.3) is 0 Å². The van der Waals surface area contributed by atoms with Crippen molar-refractivity contribution in [1.29, 1.82) is 0 Å². The molecule has 1 aliphatic heterocycles. The second-order valence-corrected chi connectivity index (χ2v) is 5.93. The molecule has 3 fully saturated rings. The summed E-state index contributed by atoms with van der Waals surface area (Å²) in [5, 5.41) is 3.71. The third-order valence-corrected chi connectivity index (χ3v) is 5.90. The molecule has 0 aromatic carbocycles. The van der Waals surface area contributed by atoms with Crippen molar-refractivity contribution in [3.05, 3.63) is 0 Å². The van der Waals surface area contributed by atoms with E-state index in [-0.39, 0.29) is 0 Å². The summed E-state index contributed by atoms with van der Waals surface area (Å²) >= 11 is 2.14. The van der Waals surface area contributed by atoms with Gasteiger partial charge in [0.2, 0.25) is 0 Å². The monoisotopic (exact) mass is 199 g/mol. The van der Waals surface area contributed by atoms with Gasteiger partial charge in [0.1, 0.15) is 0 Å². The van der Waals surface area contributed by atoms with E-state index in [4.69, 9.17) is 4.74 Å². The van der Waals surface area contributed by atoms with E-state index in [2.05, 4.69) is 17.1 Å². The van der Waals surface area contributed by atoms with Crippen LogP contribution in [-0.4, -0.2) is 30.4 Å². The van der Waals surface area contributed by atoms with Crippen molar-refractivity contribution in [2.24, 2.45) is 5.41 Å². The third-order valence-electron chi connectivity index (χ3n) is 4.28. The fraction of sp³-hybridized carbons (Fsp3) is 1.00. The molecule has 0 aromatic heterocycles. The van der Waals surface area contributed by atoms with Crippen molar-refractivity contribution >= 4 is 11.8 Å². The molecule has 74 valence electrons. The van der Waals surface area contributed by atoms with Crippen LogP contribution < -0.4 is 5.32 Å². The normalized spacial score (nSPS) is 46.4. The fourth-order valence-corrected chi connectivity index (χ4v) is 5.01. The Morgan fingerprint density at radius 3 is 2.77 bits per heavy atom. The smallest absolute Gasteiger partial charge is 0.0752 e. The highest BCUT2D eigenvalue weighted by Gasteiger charge is 2.69. The van der Waals surface area contributed by atoms with Crippen LogP contribution in [0.3, 0.4) is 0 Å². The third kappa shape index (κ3) is 0.839. The van der Waals surface area contributed by atoms with E-state index in [0.717, 1.165) is 0 Å². The molecule has 0 bridgehead atoms. The lowest BCUT2D eigenvalue weighted by Crippen LogP contribution is -2.72. The van der Waals surface area contributed by atoms with Crippen LogP contribution in [0.2, 0.25) is 0 Å². The number of thioether (sulfide) groups is 1. The molecule has 2 aliphatic carbocycles. The topological polar surface area (TPSA) is 21.3 Å². The van der Waals surface area contributed by atoms with Crippen molar-refractivity contribution in [3.63, 3.8) is 0 Å². The minimum Gasteiger partial charge on any atom is -0.381 e. The summed E-state index contributed by atoms with van der Waals surface area (Å²) < 4.78 is 5.58. The Balaban J connectivity index is 1.84. The molecule has 2 atom stereocenters. The van der Waals surface area contributed by atoms with Gasteiger partial charge in [-0.2, -0.15) is 0 Å². The van der Waals surface area contributed by atoms with Gasteiger partial charge in [-0.25, -0.2) is 0 Å². The molecule has 3 heteroatoms. The van der Waals surface area contributed by atoms with E-state index in [0.29, 0.717) is 16.4 Å². The zero-order chi connectivity index (χ0) is 8.94. The number of nitrogens with one attached hydrogen (secondary N) is 1. The van der Waals surface area contributed by atoms with Crippen LogP contribution in [0.1, 0.15) is 25.7 Å². The Labute approximate surface area is 83.8 Å². The van der Waals surface area contributed by atoms with E-state index < -0.39 is 0 Å². The molecule has 1 heterocycles. The lowest BCUT2D eigenvalue weighted by Gasteiger charge is -2.66. The van der Waals surface area contributed by atoms with Gasteiger partial charge in [-0.3, -0.25) is 0 Å². The molecule has 3 rings (SSSR count). The first-order valence-corrected chi connectivity index (χ1v) is 6.23. The number of fused-ring (bicyclic) bond motifs is 1. The highest BCUT2D eigenvalue weighted by molar-refractivity contribution is 8.01. The van der Waals surface area contributed by atoms with Crippen LogP contribution in [0.4, 0.5) is 0 Å². The molecule has 2 unspecified atom stereocenters. The van der Waals surface area contributed by atoms with Crippen molar-refractivity contribution in [2.75, 3.05) is 19.4 Å². The van der Waals surface area contributed by atoms with E-state index in [1.807, 2.05) is 7.11 Å². The molecule has 2 saturated carbocycles. The molecule has 3 aliphatic rings. The standard InChI is InChI=1S/C10H17NOS/c1-12-8-7-10(11-5-6-13-10)9(8)3-2-4-9/h8,11H,2-7H2,1H3. The summed E-state index contributed by atoms with van der Waals surface area (Å²) in [6.45, 7) is 1.20. The SMILES string of the molecule is COC1CC2(NCCS2)C12CCC2. The first kappa shape index (κ1) is 8.57. The quantitative estimate of drug-likeness (QED) is 0.693. The molecule has 0 aromatic rings. The Morgan fingerprint density at radius 2 is 2.31 bits per heavy atom. The molecule has 1 saturated heterocycles. The summed E-state index contributed by atoms with van der Waals surface area (Å²) in [5.74, 6) is 1.29. The number of hydrogen-bond acceptors (Lipinski definition) is 3. The summed E-state index contributed by atoms with van der Waals surface area (Å²) in [4.78, 5) is 0.423. The summed E-state index contributed by atoms with van der Waals surface area (Å²) in [6.07, 6.45) is 5.94. The maximum absolute atomic E-state index is 5.58. The minimum absolute atomic E-state index is 0.423. The molecule has 13 heavy (non-hydrogen) atoms. The van der Waals surface area contributed by atoms with E-state index in [9.17, 15) is 0 Å². The Morgan fingerprint density at radius 1 is 1.46 bits per heavy atom. The van der Waals surface area contributed by atoms with Crippen LogP contribution in [0, 0.1) is 5.41 Å². The van der Waals surface area contributed by atoms with E-state index in [1.54, 1.807) is 0 Å². The van der Waals surface area contributed by atoms with E-state index >= 15 is 0 Å². The first-order valence-electron chi connectivity index (χ1n) is 5.25. The average Bonchev–Trinajstić information content (AvgIpc) is 2.47. The summed E-state index contributed by atoms with van der Waals surface area (Å²) in [5.41, 5.74) is 0.517. The van der Waals surface area contributed by atoms with Gasteiger partial charge in [-0.05, 0) is 12.8 Å². The number of rotatable bonds is 1. The molecular formula is C10H17NOS. The van der Waals surface area contributed by atoms with Crippen molar-refractivity contribution in [2.45, 2.75) is 36.7 Å². The predicted octanol–water partition coefficient (Wildman–Crippen LogP) is 1.61. The van der Waals surface area contributed by atoms with Gasteiger partial charge in [-0.1, -0.05) is 6.42 Å². The second-order valence-electron chi connectivity index (χ2n) is 4.54. The van der Waals surface area contributed by atoms with Crippen molar-refractivity contribution in [1.82, 2.24) is 5.32 Å². The van der Waals surface area contributed by atoms with Gasteiger partial charge in [0.25, 0.3) is 0 Å². The van der Waals surface area contributed by atoms with Crippen molar-refractivity contribution < 1.29 is 4.74 Å². The number of methoxy groups -OCH3 is 1. The average molecular weight is 199 g/mol. The number of ether oxygens (including phenoxy) is 1. The second kappa shape index (κ2) is 2.65. The molecular weight excluding hydrogens is 182 g/mol. The Kier molecular flexibility index (Phi) is 1.74. The van der Waals surface area contributed by atoms with Gasteiger partial charge in [-0.15, -0.1) is 11.8 Å². The van der Waals surface area contributed by atoms with Crippen LogP contribution in [0.5, 0.6) is 0 Å². The zero-order valence-corrected chi connectivity index (χ0v) is 8.95. The Bertz CT molecular complexity index is 221. The van der Waals surface area contributed by atoms with E-state index in [1.165, 1.54) is 38.0 Å². The van der Waals surface area contributed by atoms with Gasteiger partial charge in [0.15, 0.2) is 0 Å². The van der Waals surface area contributed by atoms with Gasteiger partial charge < -0.3 is 10.1 Å². The van der Waals surface area contributed by atoms with Crippen LogP contribution >= 0.6 is 11.8 Å². The zero-order valence-electron chi connectivity index (χ0n) is 8.14. The highest BCUT2D eigenvalue weighted by Crippen LogP contribution is 2.67. The Hall–Kier alpha value is 0.270. The summed E-state index contributed by atoms with van der Waals surface area (Å²) in [6, 6.07) is 0. The molecule has 0 radical (unpaired) electrons. The maximum atomic E-state index is 5.58. The largest absolute Gasteiger partial charge is 0.381 e. The van der Waals surface area contributed by atoms with Crippen molar-refractivity contribution in [3.8, 4) is 0 Å². The lowest BCUT2D eigenvalue weighted by molar-refractivity contribution is -0.173.